The van der Waals surface area contributed by atoms with E-state index in [1.54, 1.807) is 0 Å². The molecule has 0 unspecified atom stereocenters. The van der Waals surface area contributed by atoms with Crippen LogP contribution in [0, 0.1) is 11.8 Å². The molecule has 2 aromatic rings. The summed E-state index contributed by atoms with van der Waals surface area (Å²) in [6.07, 6.45) is 0. The number of carbonyl (C=O) groups excluding carboxylic acids is 2. The Balaban J connectivity index is 1.62. The number of carbonyl (C=O) groups is 2. The Bertz CT molecular complexity index is 871. The topological polar surface area (TPSA) is 34.1 Å². The number of Topliss-reactive ketones (excluding diaryl/α,β-unsaturated/α-hetero) is 2. The van der Waals surface area contributed by atoms with Crippen molar-refractivity contribution in [2.45, 2.75) is 11.8 Å². The maximum absolute atomic E-state index is 13.2. The minimum absolute atomic E-state index is 0.0414. The van der Waals surface area contributed by atoms with Crippen LogP contribution >= 0.6 is 23.5 Å². The number of allylic oxidation sites excluding steroid dienone is 1. The van der Waals surface area contributed by atoms with Crippen molar-refractivity contribution in [3.63, 3.8) is 0 Å². The molecule has 0 saturated heterocycles. The molecule has 5 rings (SSSR count). The third-order valence-corrected chi connectivity index (χ3v) is 7.76. The first kappa shape index (κ1) is 16.2. The molecule has 0 amide bonds. The summed E-state index contributed by atoms with van der Waals surface area (Å²) in [5, 5.41) is 3.88. The molecular formula is C22H16O2S2. The number of ketones is 2. The molecule has 4 heteroatoms. The second-order valence-corrected chi connectivity index (χ2v) is 8.91. The van der Waals surface area contributed by atoms with E-state index in [4.69, 9.17) is 0 Å². The molecule has 0 bridgehead atoms. The van der Waals surface area contributed by atoms with E-state index in [2.05, 4.69) is 24.3 Å². The first-order valence-electron chi connectivity index (χ1n) is 8.68. The van der Waals surface area contributed by atoms with E-state index in [9.17, 15) is 9.59 Å². The highest BCUT2D eigenvalue weighted by Gasteiger charge is 2.64. The Hall–Kier alpha value is -2.04. The van der Waals surface area contributed by atoms with Gasteiger partial charge in [-0.3, -0.25) is 9.59 Å². The van der Waals surface area contributed by atoms with Gasteiger partial charge in [0.15, 0.2) is 11.6 Å². The number of hydrogen-bond donors (Lipinski definition) is 0. The molecule has 3 aliphatic rings. The smallest absolute Gasteiger partial charge is 0.172 e. The number of fused-ring (bicyclic) bond motifs is 1. The van der Waals surface area contributed by atoms with Gasteiger partial charge < -0.3 is 0 Å². The van der Waals surface area contributed by atoms with Crippen molar-refractivity contribution >= 4 is 35.1 Å². The summed E-state index contributed by atoms with van der Waals surface area (Å²) >= 11 is 2.99. The van der Waals surface area contributed by atoms with Gasteiger partial charge in [0.2, 0.25) is 0 Å². The van der Waals surface area contributed by atoms with Crippen molar-refractivity contribution in [1.29, 1.82) is 0 Å². The standard InChI is InChI=1S/C22H16O2S2/c23-20-17-15(13-7-3-1-4-8-13)16(14-9-5-2-6-10-14)18(17)21(24)19(20)22-25-11-12-26-22/h1-12,15-18H/t15-,16+,17+,18-. The molecule has 2 fully saturated rings. The van der Waals surface area contributed by atoms with Crippen LogP contribution < -0.4 is 0 Å². The van der Waals surface area contributed by atoms with Crippen LogP contribution in [0.25, 0.3) is 0 Å². The molecule has 0 N–H and O–H groups in total. The van der Waals surface area contributed by atoms with E-state index in [1.165, 1.54) is 23.5 Å². The van der Waals surface area contributed by atoms with Crippen LogP contribution in [0.5, 0.6) is 0 Å². The molecule has 0 spiro atoms. The molecule has 0 aromatic heterocycles. The van der Waals surface area contributed by atoms with E-state index < -0.39 is 0 Å². The van der Waals surface area contributed by atoms with Crippen LogP contribution in [0.15, 0.2) is 81.3 Å². The van der Waals surface area contributed by atoms with Gasteiger partial charge in [-0.2, -0.15) is 0 Å². The number of hydrogen-bond acceptors (Lipinski definition) is 4. The fourth-order valence-electron chi connectivity index (χ4n) is 4.56. The van der Waals surface area contributed by atoms with Crippen LogP contribution in [0.2, 0.25) is 0 Å². The van der Waals surface area contributed by atoms with Crippen molar-refractivity contribution in [2.75, 3.05) is 0 Å². The molecular weight excluding hydrogens is 360 g/mol. The van der Waals surface area contributed by atoms with Crippen LogP contribution in [0.4, 0.5) is 0 Å². The van der Waals surface area contributed by atoms with Gasteiger partial charge in [0, 0.05) is 23.7 Å². The summed E-state index contributed by atoms with van der Waals surface area (Å²) in [7, 11) is 0. The molecule has 1 heterocycles. The zero-order valence-electron chi connectivity index (χ0n) is 13.9. The Morgan fingerprint density at radius 2 is 1.00 bits per heavy atom. The molecule has 2 aromatic carbocycles. The van der Waals surface area contributed by atoms with Crippen LogP contribution in [0.1, 0.15) is 23.0 Å². The van der Waals surface area contributed by atoms with Gasteiger partial charge in [-0.05, 0) is 21.9 Å². The highest BCUT2D eigenvalue weighted by atomic mass is 32.2. The van der Waals surface area contributed by atoms with Gasteiger partial charge in [-0.1, -0.05) is 84.2 Å². The lowest BCUT2D eigenvalue weighted by molar-refractivity contribution is -0.127. The molecule has 26 heavy (non-hydrogen) atoms. The monoisotopic (exact) mass is 376 g/mol. The SMILES string of the molecule is O=C1C(=C2SC=CS2)C(=O)[C@H]2[C@@H]1[C@H](c1ccccc1)[C@@H]2c1ccccc1. The average molecular weight is 377 g/mol. The number of benzene rings is 2. The van der Waals surface area contributed by atoms with Crippen LogP contribution in [-0.2, 0) is 9.59 Å². The minimum Gasteiger partial charge on any atom is -0.294 e. The Kier molecular flexibility index (Phi) is 3.91. The fraction of sp³-hybridized carbons (Fsp3) is 0.182. The average Bonchev–Trinajstić information content (AvgIpc) is 3.23. The third kappa shape index (κ3) is 2.29. The van der Waals surface area contributed by atoms with Gasteiger partial charge in [-0.15, -0.1) is 0 Å². The van der Waals surface area contributed by atoms with E-state index in [0.29, 0.717) is 5.57 Å². The minimum atomic E-state index is -0.223. The quantitative estimate of drug-likeness (QED) is 0.538. The predicted molar refractivity (Wildman–Crippen MR) is 107 cm³/mol. The molecule has 4 atom stereocenters. The maximum atomic E-state index is 13.2. The van der Waals surface area contributed by atoms with Gasteiger partial charge in [0.25, 0.3) is 0 Å². The van der Waals surface area contributed by atoms with Gasteiger partial charge in [0.05, 0.1) is 9.81 Å². The van der Waals surface area contributed by atoms with Crippen LogP contribution in [0.3, 0.4) is 0 Å². The Morgan fingerprint density at radius 1 is 0.577 bits per heavy atom. The lowest BCUT2D eigenvalue weighted by atomic mass is 9.53. The van der Waals surface area contributed by atoms with E-state index in [1.807, 2.05) is 47.2 Å². The summed E-state index contributed by atoms with van der Waals surface area (Å²) in [6, 6.07) is 20.4. The predicted octanol–water partition coefficient (Wildman–Crippen LogP) is 5.11. The Labute approximate surface area is 160 Å². The summed E-state index contributed by atoms with van der Waals surface area (Å²) in [4.78, 5) is 26.4. The molecule has 128 valence electrons. The zero-order chi connectivity index (χ0) is 17.7. The van der Waals surface area contributed by atoms with Crippen molar-refractivity contribution in [2.24, 2.45) is 11.8 Å². The number of thioether (sulfide) groups is 2. The first-order valence-corrected chi connectivity index (χ1v) is 10.4. The zero-order valence-corrected chi connectivity index (χ0v) is 15.5. The molecule has 2 saturated carbocycles. The molecule has 0 radical (unpaired) electrons. The largest absolute Gasteiger partial charge is 0.294 e. The fourth-order valence-corrected chi connectivity index (χ4v) is 6.45. The molecule has 2 nitrogen and oxygen atoms in total. The van der Waals surface area contributed by atoms with Crippen molar-refractivity contribution < 1.29 is 9.59 Å². The third-order valence-electron chi connectivity index (χ3n) is 5.62. The summed E-state index contributed by atoms with van der Waals surface area (Å²) in [6.45, 7) is 0. The second kappa shape index (κ2) is 6.29. The number of rotatable bonds is 2. The normalized spacial score (nSPS) is 29.8. The molecule has 2 aliphatic carbocycles. The van der Waals surface area contributed by atoms with Crippen molar-refractivity contribution in [1.82, 2.24) is 0 Å². The van der Waals surface area contributed by atoms with Gasteiger partial charge in [-0.25, -0.2) is 0 Å². The van der Waals surface area contributed by atoms with Crippen LogP contribution in [-0.4, -0.2) is 11.6 Å². The van der Waals surface area contributed by atoms with Gasteiger partial charge >= 0.3 is 0 Å². The highest BCUT2D eigenvalue weighted by Crippen LogP contribution is 2.63. The first-order chi connectivity index (χ1) is 12.8. The summed E-state index contributed by atoms with van der Waals surface area (Å²) in [5.74, 6) is -0.219. The highest BCUT2D eigenvalue weighted by molar-refractivity contribution is 8.27. The summed E-state index contributed by atoms with van der Waals surface area (Å²) < 4.78 is 0.855. The van der Waals surface area contributed by atoms with E-state index in [-0.39, 0.29) is 35.2 Å². The van der Waals surface area contributed by atoms with Crippen molar-refractivity contribution in [3.8, 4) is 0 Å². The van der Waals surface area contributed by atoms with Crippen molar-refractivity contribution in [3.05, 3.63) is 92.4 Å². The lowest BCUT2D eigenvalue weighted by Gasteiger charge is -2.47. The van der Waals surface area contributed by atoms with Gasteiger partial charge in [0.1, 0.15) is 0 Å². The van der Waals surface area contributed by atoms with E-state index >= 15 is 0 Å². The maximum Gasteiger partial charge on any atom is 0.172 e. The second-order valence-electron chi connectivity index (χ2n) is 6.82. The molecule has 1 aliphatic heterocycles. The lowest BCUT2D eigenvalue weighted by Crippen LogP contribution is -2.45. The Morgan fingerprint density at radius 3 is 1.42 bits per heavy atom. The summed E-state index contributed by atoms with van der Waals surface area (Å²) in [5.41, 5.74) is 2.75. The van der Waals surface area contributed by atoms with E-state index in [0.717, 1.165) is 15.4 Å².